The normalized spacial score (nSPS) is 39.7. The van der Waals surface area contributed by atoms with Gasteiger partial charge in [0.1, 0.15) is 12.7 Å². The standard InChI is InChI=1S/C20H31BrO6/c1-3-24-18(22)11-25-13-8-9-14-17(10-13)26-12(2)20(19(14)23)27-16-7-5-4-6-15(16)21/h12-17,20H,3-11H2,1-2H3. The molecule has 0 aromatic carbocycles. The number of alkyl halides is 1. The van der Waals surface area contributed by atoms with Crippen molar-refractivity contribution in [3.05, 3.63) is 0 Å². The first-order valence-corrected chi connectivity index (χ1v) is 11.2. The van der Waals surface area contributed by atoms with E-state index >= 15 is 0 Å². The third-order valence-corrected chi connectivity index (χ3v) is 6.94. The number of hydrogen-bond donors (Lipinski definition) is 0. The molecule has 1 aliphatic heterocycles. The zero-order valence-electron chi connectivity index (χ0n) is 16.2. The van der Waals surface area contributed by atoms with Gasteiger partial charge in [-0.05, 0) is 39.5 Å². The second-order valence-corrected chi connectivity index (χ2v) is 9.01. The Morgan fingerprint density at radius 3 is 2.74 bits per heavy atom. The van der Waals surface area contributed by atoms with Gasteiger partial charge in [-0.15, -0.1) is 0 Å². The van der Waals surface area contributed by atoms with Crippen LogP contribution >= 0.6 is 15.9 Å². The third-order valence-electron chi connectivity index (χ3n) is 5.89. The van der Waals surface area contributed by atoms with Crippen molar-refractivity contribution in [2.24, 2.45) is 5.92 Å². The van der Waals surface area contributed by atoms with E-state index in [1.807, 2.05) is 6.92 Å². The molecular formula is C20H31BrO6. The molecule has 7 atom stereocenters. The van der Waals surface area contributed by atoms with E-state index in [1.54, 1.807) is 6.92 Å². The summed E-state index contributed by atoms with van der Waals surface area (Å²) in [5.41, 5.74) is 0. The monoisotopic (exact) mass is 446 g/mol. The Morgan fingerprint density at radius 1 is 1.22 bits per heavy atom. The van der Waals surface area contributed by atoms with Crippen molar-refractivity contribution >= 4 is 27.7 Å². The number of ketones is 1. The van der Waals surface area contributed by atoms with Crippen LogP contribution in [0.5, 0.6) is 0 Å². The molecule has 0 spiro atoms. The summed E-state index contributed by atoms with van der Waals surface area (Å²) in [6.07, 6.45) is 5.65. The van der Waals surface area contributed by atoms with Crippen LogP contribution in [0.25, 0.3) is 0 Å². The largest absolute Gasteiger partial charge is 0.464 e. The van der Waals surface area contributed by atoms with E-state index in [-0.39, 0.29) is 48.7 Å². The molecule has 6 nitrogen and oxygen atoms in total. The van der Waals surface area contributed by atoms with Crippen LogP contribution in [0.3, 0.4) is 0 Å². The van der Waals surface area contributed by atoms with Gasteiger partial charge in [0.05, 0.1) is 31.0 Å². The van der Waals surface area contributed by atoms with Crippen LogP contribution < -0.4 is 0 Å². The molecule has 7 heteroatoms. The van der Waals surface area contributed by atoms with E-state index in [4.69, 9.17) is 18.9 Å². The summed E-state index contributed by atoms with van der Waals surface area (Å²) in [6, 6.07) is 0. The predicted molar refractivity (Wildman–Crippen MR) is 103 cm³/mol. The van der Waals surface area contributed by atoms with Crippen LogP contribution in [0, 0.1) is 5.92 Å². The Bertz CT molecular complexity index is 527. The van der Waals surface area contributed by atoms with Crippen molar-refractivity contribution in [3.63, 3.8) is 0 Å². The van der Waals surface area contributed by atoms with E-state index < -0.39 is 6.10 Å². The van der Waals surface area contributed by atoms with Gasteiger partial charge in [-0.25, -0.2) is 4.79 Å². The minimum Gasteiger partial charge on any atom is -0.464 e. The fraction of sp³-hybridized carbons (Fsp3) is 0.900. The lowest BCUT2D eigenvalue weighted by Gasteiger charge is -2.44. The number of esters is 1. The van der Waals surface area contributed by atoms with Crippen LogP contribution in [-0.2, 0) is 28.5 Å². The quantitative estimate of drug-likeness (QED) is 0.460. The fourth-order valence-corrected chi connectivity index (χ4v) is 5.18. The first-order valence-electron chi connectivity index (χ1n) is 10.3. The Hall–Kier alpha value is -0.500. The maximum Gasteiger partial charge on any atom is 0.332 e. The third kappa shape index (κ3) is 5.31. The number of carbonyl (C=O) groups excluding carboxylic acids is 2. The second-order valence-electron chi connectivity index (χ2n) is 7.84. The van der Waals surface area contributed by atoms with Gasteiger partial charge in [0.2, 0.25) is 0 Å². The molecule has 0 aromatic heterocycles. The molecule has 0 N–H and O–H groups in total. The van der Waals surface area contributed by atoms with Gasteiger partial charge in [0, 0.05) is 17.2 Å². The first kappa shape index (κ1) is 21.2. The number of carbonyl (C=O) groups is 2. The van der Waals surface area contributed by atoms with Crippen LogP contribution in [-0.4, -0.2) is 60.3 Å². The Labute approximate surface area is 169 Å². The molecule has 2 saturated carbocycles. The van der Waals surface area contributed by atoms with Gasteiger partial charge in [-0.3, -0.25) is 4.79 Å². The van der Waals surface area contributed by atoms with Gasteiger partial charge >= 0.3 is 5.97 Å². The smallest absolute Gasteiger partial charge is 0.332 e. The topological polar surface area (TPSA) is 71.1 Å². The average molecular weight is 447 g/mol. The molecule has 0 amide bonds. The van der Waals surface area contributed by atoms with Crippen molar-refractivity contribution in [3.8, 4) is 0 Å². The molecule has 154 valence electrons. The van der Waals surface area contributed by atoms with E-state index in [2.05, 4.69) is 15.9 Å². The maximum atomic E-state index is 13.1. The van der Waals surface area contributed by atoms with Crippen molar-refractivity contribution < 1.29 is 28.5 Å². The SMILES string of the molecule is CCOC(=O)COC1CCC2C(=O)C(OC3CCCCC3Br)C(C)OC2C1. The molecule has 27 heavy (non-hydrogen) atoms. The summed E-state index contributed by atoms with van der Waals surface area (Å²) in [5, 5.41) is 0. The fourth-order valence-electron chi connectivity index (χ4n) is 4.47. The average Bonchev–Trinajstić information content (AvgIpc) is 2.65. The van der Waals surface area contributed by atoms with Gasteiger partial charge < -0.3 is 18.9 Å². The lowest BCUT2D eigenvalue weighted by molar-refractivity contribution is -0.197. The van der Waals surface area contributed by atoms with Gasteiger partial charge in [-0.1, -0.05) is 28.8 Å². The highest BCUT2D eigenvalue weighted by atomic mass is 79.9. The van der Waals surface area contributed by atoms with Crippen LogP contribution in [0.15, 0.2) is 0 Å². The number of ether oxygens (including phenoxy) is 4. The lowest BCUT2D eigenvalue weighted by atomic mass is 9.77. The van der Waals surface area contributed by atoms with Gasteiger partial charge in [0.25, 0.3) is 0 Å². The zero-order valence-corrected chi connectivity index (χ0v) is 17.8. The Balaban J connectivity index is 1.53. The molecule has 0 aromatic rings. The number of Topliss-reactive ketones (excluding diaryl/α,β-unsaturated/α-hetero) is 1. The molecule has 0 radical (unpaired) electrons. The second kappa shape index (κ2) is 9.81. The van der Waals surface area contributed by atoms with Gasteiger partial charge in [-0.2, -0.15) is 0 Å². The van der Waals surface area contributed by atoms with E-state index in [0.717, 1.165) is 25.7 Å². The highest BCUT2D eigenvalue weighted by Gasteiger charge is 2.47. The Morgan fingerprint density at radius 2 is 2.00 bits per heavy atom. The van der Waals surface area contributed by atoms with Crippen molar-refractivity contribution in [2.75, 3.05) is 13.2 Å². The molecule has 1 saturated heterocycles. The molecular weight excluding hydrogens is 416 g/mol. The van der Waals surface area contributed by atoms with Gasteiger partial charge in [0.15, 0.2) is 5.78 Å². The Kier molecular flexibility index (Phi) is 7.71. The molecule has 3 aliphatic rings. The van der Waals surface area contributed by atoms with Crippen LogP contribution in [0.2, 0.25) is 0 Å². The number of halogens is 1. The summed E-state index contributed by atoms with van der Waals surface area (Å²) >= 11 is 3.71. The molecule has 1 heterocycles. The minimum absolute atomic E-state index is 0.0422. The molecule has 0 bridgehead atoms. The first-order chi connectivity index (χ1) is 13.0. The summed E-state index contributed by atoms with van der Waals surface area (Å²) in [5.74, 6) is -0.308. The highest BCUT2D eigenvalue weighted by molar-refractivity contribution is 9.09. The summed E-state index contributed by atoms with van der Waals surface area (Å²) in [6.45, 7) is 4.01. The summed E-state index contributed by atoms with van der Waals surface area (Å²) in [4.78, 5) is 24.9. The highest BCUT2D eigenvalue weighted by Crippen LogP contribution is 2.38. The predicted octanol–water partition coefficient (Wildman–Crippen LogP) is 3.18. The van der Waals surface area contributed by atoms with Crippen LogP contribution in [0.4, 0.5) is 0 Å². The summed E-state index contributed by atoms with van der Waals surface area (Å²) in [7, 11) is 0. The van der Waals surface area contributed by atoms with Crippen molar-refractivity contribution in [1.29, 1.82) is 0 Å². The zero-order chi connectivity index (χ0) is 19.4. The van der Waals surface area contributed by atoms with E-state index in [0.29, 0.717) is 24.3 Å². The summed E-state index contributed by atoms with van der Waals surface area (Å²) < 4.78 is 23.0. The minimum atomic E-state index is -0.480. The van der Waals surface area contributed by atoms with Crippen molar-refractivity contribution in [1.82, 2.24) is 0 Å². The van der Waals surface area contributed by atoms with Crippen molar-refractivity contribution in [2.45, 2.75) is 94.1 Å². The number of rotatable bonds is 6. The van der Waals surface area contributed by atoms with E-state index in [9.17, 15) is 9.59 Å². The maximum absolute atomic E-state index is 13.1. The molecule has 3 rings (SSSR count). The molecule has 7 unspecified atom stereocenters. The lowest BCUT2D eigenvalue weighted by Crippen LogP contribution is -2.55. The molecule has 2 aliphatic carbocycles. The van der Waals surface area contributed by atoms with E-state index in [1.165, 1.54) is 6.42 Å². The van der Waals surface area contributed by atoms with Crippen LogP contribution in [0.1, 0.15) is 58.8 Å². The number of hydrogen-bond acceptors (Lipinski definition) is 6. The molecule has 3 fully saturated rings. The number of fused-ring (bicyclic) bond motifs is 1.